The highest BCUT2D eigenvalue weighted by atomic mass is 16.5. The fraction of sp³-hybridized carbons (Fsp3) is 0.300. The number of aromatic nitrogens is 2. The van der Waals surface area contributed by atoms with Crippen LogP contribution in [-0.2, 0) is 0 Å². The molecular formula is C20H23N3O5. The van der Waals surface area contributed by atoms with Crippen molar-refractivity contribution < 1.29 is 19.3 Å². The molecule has 0 amide bonds. The SMILES string of the molecule is COc1cc(-c2nc3ccc(NCCCO)cc3c(=O)[nH]2)cc(OC)c1OC. The molecule has 0 aliphatic heterocycles. The van der Waals surface area contributed by atoms with E-state index in [1.165, 1.54) is 21.3 Å². The van der Waals surface area contributed by atoms with E-state index in [-0.39, 0.29) is 12.2 Å². The van der Waals surface area contributed by atoms with Gasteiger partial charge in [0.25, 0.3) is 5.56 Å². The lowest BCUT2D eigenvalue weighted by Gasteiger charge is -2.14. The molecule has 0 saturated heterocycles. The Bertz CT molecular complexity index is 1010. The second kappa shape index (κ2) is 8.62. The maximum absolute atomic E-state index is 12.6. The van der Waals surface area contributed by atoms with Crippen molar-refractivity contribution in [3.8, 4) is 28.6 Å². The quantitative estimate of drug-likeness (QED) is 0.511. The van der Waals surface area contributed by atoms with Crippen LogP contribution in [0.5, 0.6) is 17.2 Å². The van der Waals surface area contributed by atoms with Gasteiger partial charge >= 0.3 is 0 Å². The Hall–Kier alpha value is -3.26. The van der Waals surface area contributed by atoms with Gasteiger partial charge in [-0.2, -0.15) is 0 Å². The van der Waals surface area contributed by atoms with Gasteiger partial charge in [-0.1, -0.05) is 0 Å². The van der Waals surface area contributed by atoms with Crippen LogP contribution in [0.25, 0.3) is 22.3 Å². The molecule has 28 heavy (non-hydrogen) atoms. The van der Waals surface area contributed by atoms with Crippen LogP contribution in [0.1, 0.15) is 6.42 Å². The molecule has 0 bridgehead atoms. The standard InChI is InChI=1S/C20H23N3O5/c1-26-16-9-12(10-17(27-2)18(16)28-3)19-22-15-6-5-13(21-7-4-8-24)11-14(15)20(25)23-19/h5-6,9-11,21,24H,4,7-8H2,1-3H3,(H,22,23,25). The van der Waals surface area contributed by atoms with Crippen molar-refractivity contribution in [1.29, 1.82) is 0 Å². The van der Waals surface area contributed by atoms with Crippen molar-refractivity contribution in [2.75, 3.05) is 39.8 Å². The van der Waals surface area contributed by atoms with Crippen LogP contribution < -0.4 is 25.1 Å². The zero-order chi connectivity index (χ0) is 20.1. The third kappa shape index (κ3) is 3.86. The molecule has 0 atom stereocenters. The van der Waals surface area contributed by atoms with Crippen LogP contribution in [0.15, 0.2) is 35.1 Å². The predicted molar refractivity (Wildman–Crippen MR) is 108 cm³/mol. The summed E-state index contributed by atoms with van der Waals surface area (Å²) in [4.78, 5) is 20.0. The van der Waals surface area contributed by atoms with Gasteiger partial charge in [0.15, 0.2) is 11.5 Å². The number of hydrogen-bond donors (Lipinski definition) is 3. The average Bonchev–Trinajstić information content (AvgIpc) is 2.72. The van der Waals surface area contributed by atoms with Crippen molar-refractivity contribution in [1.82, 2.24) is 9.97 Å². The number of fused-ring (bicyclic) bond motifs is 1. The molecule has 8 heteroatoms. The van der Waals surface area contributed by atoms with E-state index in [0.29, 0.717) is 52.5 Å². The van der Waals surface area contributed by atoms with Crippen molar-refractivity contribution in [2.24, 2.45) is 0 Å². The van der Waals surface area contributed by atoms with E-state index in [0.717, 1.165) is 5.69 Å². The monoisotopic (exact) mass is 385 g/mol. The molecule has 8 nitrogen and oxygen atoms in total. The second-order valence-electron chi connectivity index (χ2n) is 6.06. The molecule has 3 aromatic rings. The summed E-state index contributed by atoms with van der Waals surface area (Å²) in [5, 5.41) is 12.5. The Kier molecular flexibility index (Phi) is 6.00. The summed E-state index contributed by atoms with van der Waals surface area (Å²) in [6.07, 6.45) is 0.632. The number of nitrogens with zero attached hydrogens (tertiary/aromatic N) is 1. The maximum Gasteiger partial charge on any atom is 0.259 e. The van der Waals surface area contributed by atoms with Crippen LogP contribution in [0.2, 0.25) is 0 Å². The van der Waals surface area contributed by atoms with Gasteiger partial charge in [0.05, 0.1) is 32.2 Å². The minimum atomic E-state index is -0.250. The summed E-state index contributed by atoms with van der Waals surface area (Å²) in [6.45, 7) is 0.734. The summed E-state index contributed by atoms with van der Waals surface area (Å²) < 4.78 is 16.1. The van der Waals surface area contributed by atoms with E-state index >= 15 is 0 Å². The van der Waals surface area contributed by atoms with Crippen LogP contribution >= 0.6 is 0 Å². The zero-order valence-electron chi connectivity index (χ0n) is 16.0. The lowest BCUT2D eigenvalue weighted by atomic mass is 10.1. The first-order valence-corrected chi connectivity index (χ1v) is 8.80. The Morgan fingerprint density at radius 1 is 1.07 bits per heavy atom. The van der Waals surface area contributed by atoms with Crippen molar-refractivity contribution in [2.45, 2.75) is 6.42 Å². The fourth-order valence-corrected chi connectivity index (χ4v) is 2.91. The summed E-state index contributed by atoms with van der Waals surface area (Å²) in [5.41, 5.74) is 1.76. The number of H-pyrrole nitrogens is 1. The van der Waals surface area contributed by atoms with Crippen LogP contribution in [0.3, 0.4) is 0 Å². The normalized spacial score (nSPS) is 10.7. The lowest BCUT2D eigenvalue weighted by Crippen LogP contribution is -2.11. The van der Waals surface area contributed by atoms with Crippen molar-refractivity contribution in [3.63, 3.8) is 0 Å². The van der Waals surface area contributed by atoms with E-state index in [1.807, 2.05) is 6.07 Å². The highest BCUT2D eigenvalue weighted by molar-refractivity contribution is 5.83. The molecule has 0 aliphatic carbocycles. The number of aromatic amines is 1. The lowest BCUT2D eigenvalue weighted by molar-refractivity contribution is 0.292. The van der Waals surface area contributed by atoms with Gasteiger partial charge in [-0.25, -0.2) is 4.98 Å². The molecule has 148 valence electrons. The molecule has 3 N–H and O–H groups in total. The summed E-state index contributed by atoms with van der Waals surface area (Å²) >= 11 is 0. The van der Waals surface area contributed by atoms with Gasteiger partial charge in [0, 0.05) is 24.4 Å². The molecule has 1 heterocycles. The van der Waals surface area contributed by atoms with E-state index in [1.54, 1.807) is 24.3 Å². The maximum atomic E-state index is 12.6. The van der Waals surface area contributed by atoms with Gasteiger partial charge in [0.2, 0.25) is 5.75 Å². The largest absolute Gasteiger partial charge is 0.493 e. The second-order valence-corrected chi connectivity index (χ2v) is 6.06. The topological polar surface area (TPSA) is 106 Å². The van der Waals surface area contributed by atoms with E-state index in [9.17, 15) is 4.79 Å². The fourth-order valence-electron chi connectivity index (χ4n) is 2.91. The molecular weight excluding hydrogens is 362 g/mol. The zero-order valence-corrected chi connectivity index (χ0v) is 16.0. The minimum absolute atomic E-state index is 0.112. The predicted octanol–water partition coefficient (Wildman–Crippen LogP) is 2.41. The number of anilines is 1. The number of hydrogen-bond acceptors (Lipinski definition) is 7. The molecule has 3 rings (SSSR count). The van der Waals surface area contributed by atoms with E-state index < -0.39 is 0 Å². The van der Waals surface area contributed by atoms with Crippen molar-refractivity contribution in [3.05, 3.63) is 40.7 Å². The van der Waals surface area contributed by atoms with Gasteiger partial charge in [-0.15, -0.1) is 0 Å². The van der Waals surface area contributed by atoms with Gasteiger partial charge in [-0.05, 0) is 36.8 Å². The molecule has 2 aromatic carbocycles. The summed E-state index contributed by atoms with van der Waals surface area (Å²) in [5.74, 6) is 1.82. The number of nitrogens with one attached hydrogen (secondary N) is 2. The number of benzene rings is 2. The number of aliphatic hydroxyl groups excluding tert-OH is 1. The van der Waals surface area contributed by atoms with Crippen LogP contribution in [-0.4, -0.2) is 49.6 Å². The van der Waals surface area contributed by atoms with Gasteiger partial charge < -0.3 is 29.6 Å². The average molecular weight is 385 g/mol. The first-order chi connectivity index (χ1) is 13.6. The molecule has 0 fully saturated rings. The van der Waals surface area contributed by atoms with Gasteiger partial charge in [-0.3, -0.25) is 4.79 Å². The van der Waals surface area contributed by atoms with E-state index in [2.05, 4.69) is 15.3 Å². The summed E-state index contributed by atoms with van der Waals surface area (Å²) in [7, 11) is 4.59. The highest BCUT2D eigenvalue weighted by Gasteiger charge is 2.16. The van der Waals surface area contributed by atoms with Crippen molar-refractivity contribution >= 4 is 16.6 Å². The molecule has 1 aromatic heterocycles. The Morgan fingerprint density at radius 2 is 1.79 bits per heavy atom. The highest BCUT2D eigenvalue weighted by Crippen LogP contribution is 2.40. The number of aliphatic hydroxyl groups is 1. The molecule has 0 radical (unpaired) electrons. The molecule has 0 unspecified atom stereocenters. The van der Waals surface area contributed by atoms with Gasteiger partial charge in [0.1, 0.15) is 5.82 Å². The minimum Gasteiger partial charge on any atom is -0.493 e. The third-order valence-corrected chi connectivity index (χ3v) is 4.31. The molecule has 0 spiro atoms. The van der Waals surface area contributed by atoms with Crippen LogP contribution in [0, 0.1) is 0 Å². The van der Waals surface area contributed by atoms with E-state index in [4.69, 9.17) is 19.3 Å². The smallest absolute Gasteiger partial charge is 0.259 e. The molecule has 0 saturated carbocycles. The Labute approximate surface area is 162 Å². The number of rotatable bonds is 8. The van der Waals surface area contributed by atoms with Crippen LogP contribution in [0.4, 0.5) is 5.69 Å². The number of ether oxygens (including phenoxy) is 3. The Balaban J connectivity index is 2.05. The third-order valence-electron chi connectivity index (χ3n) is 4.31. The molecule has 0 aliphatic rings. The number of methoxy groups -OCH3 is 3. The Morgan fingerprint density at radius 3 is 2.39 bits per heavy atom. The summed E-state index contributed by atoms with van der Waals surface area (Å²) in [6, 6.07) is 8.85. The first kappa shape index (κ1) is 19.5. The first-order valence-electron chi connectivity index (χ1n) is 8.80.